The van der Waals surface area contributed by atoms with Crippen molar-refractivity contribution in [2.75, 3.05) is 0 Å². The summed E-state index contributed by atoms with van der Waals surface area (Å²) in [5, 5.41) is 0. The summed E-state index contributed by atoms with van der Waals surface area (Å²) in [5.74, 6) is 0. The summed E-state index contributed by atoms with van der Waals surface area (Å²) in [6, 6.07) is 4.07. The Morgan fingerprint density at radius 3 is 1.89 bits per heavy atom. The Morgan fingerprint density at radius 2 is 1.78 bits per heavy atom. The Labute approximate surface area is 88.1 Å². The van der Waals surface area contributed by atoms with Crippen LogP contribution in [0, 0.1) is 0 Å². The van der Waals surface area contributed by atoms with Crippen molar-refractivity contribution in [3.05, 3.63) is 18.3 Å². The van der Waals surface area contributed by atoms with E-state index in [1.807, 2.05) is 12.3 Å². The Hall–Kier alpha value is 1.03. The predicted octanol–water partition coefficient (Wildman–Crippen LogP) is -8.80. The third kappa shape index (κ3) is 6.92. The van der Waals surface area contributed by atoms with Crippen LogP contribution < -0.4 is 40.6 Å². The van der Waals surface area contributed by atoms with Gasteiger partial charge in [0.15, 0.2) is 0 Å². The molecular weight excluding hydrogens is 260 g/mol. The standard InChI is InChI=1S/C4H4N.3ClH.Zr/c1-2-4-5-3-1;;;;/h1-3,5H;3*1H;/q;;;;+3/p-3. The number of rotatable bonds is 0. The molecule has 5 heteroatoms. The van der Waals surface area contributed by atoms with Gasteiger partial charge in [-0.15, -0.1) is 0 Å². The van der Waals surface area contributed by atoms with E-state index in [-0.39, 0.29) is 37.2 Å². The third-order valence-electron chi connectivity index (χ3n) is 0.598. The molecule has 1 aromatic rings. The molecule has 0 saturated heterocycles. The number of halogens is 3. The molecule has 9 heavy (non-hydrogen) atoms. The predicted molar refractivity (Wildman–Crippen MR) is 20.4 cm³/mol. The van der Waals surface area contributed by atoms with Crippen LogP contribution in [0.25, 0.3) is 0 Å². The molecule has 1 N–H and O–H groups in total. The SMILES string of the molecule is [Cl-].[Cl-].[Cl-].[Zr+3][c]1ccc[nH]1. The van der Waals surface area contributed by atoms with Crippen molar-refractivity contribution >= 4 is 3.40 Å². The zero-order chi connectivity index (χ0) is 4.41. The quantitative estimate of drug-likeness (QED) is 0.479. The van der Waals surface area contributed by atoms with Crippen molar-refractivity contribution in [1.82, 2.24) is 4.98 Å². The molecule has 1 aromatic heterocycles. The summed E-state index contributed by atoms with van der Waals surface area (Å²) in [5.41, 5.74) is 0. The van der Waals surface area contributed by atoms with Crippen LogP contribution in [0.4, 0.5) is 0 Å². The normalized spacial score (nSPS) is 6.00. The van der Waals surface area contributed by atoms with Crippen LogP contribution >= 0.6 is 0 Å². The van der Waals surface area contributed by atoms with E-state index in [2.05, 4.69) is 11.1 Å². The van der Waals surface area contributed by atoms with Gasteiger partial charge >= 0.3 is 51.4 Å². The third-order valence-corrected chi connectivity index (χ3v) is 1.36. The zero-order valence-corrected chi connectivity index (χ0v) is 9.09. The van der Waals surface area contributed by atoms with E-state index < -0.39 is 0 Å². The van der Waals surface area contributed by atoms with Gasteiger partial charge in [-0.2, -0.15) is 0 Å². The number of nitrogens with one attached hydrogen (secondary N) is 1. The first-order valence-corrected chi connectivity index (χ1v) is 2.97. The molecule has 0 fully saturated rings. The second-order valence-electron chi connectivity index (χ2n) is 1.08. The first-order chi connectivity index (χ1) is 2.89. The van der Waals surface area contributed by atoms with Crippen LogP contribution in [0.5, 0.6) is 0 Å². The number of aromatic amines is 1. The maximum atomic E-state index is 3.04. The molecule has 1 nitrogen and oxygen atoms in total. The molecule has 0 spiro atoms. The molecule has 0 amide bonds. The van der Waals surface area contributed by atoms with Gasteiger partial charge in [0.25, 0.3) is 0 Å². The van der Waals surface area contributed by atoms with Crippen LogP contribution in [0.2, 0.25) is 0 Å². The second kappa shape index (κ2) is 9.03. The van der Waals surface area contributed by atoms with Gasteiger partial charge in [0, 0.05) is 0 Å². The number of hydrogen-bond acceptors (Lipinski definition) is 0. The van der Waals surface area contributed by atoms with Crippen molar-refractivity contribution in [2.45, 2.75) is 0 Å². The van der Waals surface area contributed by atoms with Gasteiger partial charge in [-0.3, -0.25) is 0 Å². The first kappa shape index (κ1) is 16.6. The van der Waals surface area contributed by atoms with E-state index in [4.69, 9.17) is 0 Å². The van der Waals surface area contributed by atoms with Crippen LogP contribution in [-0.2, 0) is 24.7 Å². The molecule has 0 aliphatic heterocycles. The molecular formula is C4H4Cl3NZr. The zero-order valence-electron chi connectivity index (χ0n) is 4.37. The summed E-state index contributed by atoms with van der Waals surface area (Å²) in [4.78, 5) is 3.04. The molecule has 1 heterocycles. The van der Waals surface area contributed by atoms with Gasteiger partial charge in [0.05, 0.1) is 0 Å². The van der Waals surface area contributed by atoms with E-state index in [1.54, 1.807) is 0 Å². The molecule has 0 bridgehead atoms. The maximum absolute atomic E-state index is 3.04. The second-order valence-corrected chi connectivity index (χ2v) is 2.41. The van der Waals surface area contributed by atoms with Crippen LogP contribution in [0.1, 0.15) is 0 Å². The minimum atomic E-state index is 0. The van der Waals surface area contributed by atoms with Crippen LogP contribution in [0.15, 0.2) is 18.3 Å². The van der Waals surface area contributed by atoms with Crippen LogP contribution in [-0.4, -0.2) is 4.98 Å². The van der Waals surface area contributed by atoms with Crippen molar-refractivity contribution in [1.29, 1.82) is 0 Å². The van der Waals surface area contributed by atoms with Crippen molar-refractivity contribution < 1.29 is 61.9 Å². The van der Waals surface area contributed by atoms with E-state index in [9.17, 15) is 0 Å². The van der Waals surface area contributed by atoms with Crippen molar-refractivity contribution in [3.63, 3.8) is 0 Å². The topological polar surface area (TPSA) is 15.8 Å². The molecule has 1 rings (SSSR count). The molecule has 0 saturated carbocycles. The van der Waals surface area contributed by atoms with Gasteiger partial charge in [-0.25, -0.2) is 0 Å². The Bertz CT molecular complexity index is 119. The Morgan fingerprint density at radius 1 is 1.22 bits per heavy atom. The fraction of sp³-hybridized carbons (Fsp3) is 0. The molecule has 0 atom stereocenters. The number of aromatic nitrogens is 1. The average Bonchev–Trinajstić information content (AvgIpc) is 1.86. The summed E-state index contributed by atoms with van der Waals surface area (Å²) in [6.45, 7) is 0. The van der Waals surface area contributed by atoms with Gasteiger partial charge in [0.2, 0.25) is 0 Å². The minimum absolute atomic E-state index is 0. The fourth-order valence-electron chi connectivity index (χ4n) is 0.330. The molecule has 0 aromatic carbocycles. The Balaban J connectivity index is -0.000000120. The van der Waals surface area contributed by atoms with E-state index in [0.717, 1.165) is 0 Å². The molecule has 0 aliphatic carbocycles. The monoisotopic (exact) mass is 261 g/mol. The van der Waals surface area contributed by atoms with Gasteiger partial charge in [-0.05, 0) is 0 Å². The van der Waals surface area contributed by atoms with E-state index in [1.165, 1.54) is 28.1 Å². The first-order valence-electron chi connectivity index (χ1n) is 1.74. The number of hydrogen-bond donors (Lipinski definition) is 1. The molecule has 50 valence electrons. The van der Waals surface area contributed by atoms with Crippen molar-refractivity contribution in [3.8, 4) is 0 Å². The van der Waals surface area contributed by atoms with E-state index in [0.29, 0.717) is 0 Å². The fourth-order valence-corrected chi connectivity index (χ4v) is 0.772. The van der Waals surface area contributed by atoms with E-state index >= 15 is 0 Å². The van der Waals surface area contributed by atoms with Gasteiger partial charge in [0.1, 0.15) is 0 Å². The van der Waals surface area contributed by atoms with Crippen LogP contribution in [0.3, 0.4) is 0 Å². The summed E-state index contributed by atoms with van der Waals surface area (Å²) < 4.78 is 1.31. The average molecular weight is 264 g/mol. The van der Waals surface area contributed by atoms with Gasteiger partial charge in [-0.1, -0.05) is 0 Å². The van der Waals surface area contributed by atoms with Crippen molar-refractivity contribution in [2.24, 2.45) is 0 Å². The molecule has 0 radical (unpaired) electrons. The molecule has 0 aliphatic rings. The Kier molecular flexibility index (Phi) is 16.6. The number of H-pyrrole nitrogens is 1. The molecule has 0 unspecified atom stereocenters. The summed E-state index contributed by atoms with van der Waals surface area (Å²) in [6.07, 6.45) is 1.93. The summed E-state index contributed by atoms with van der Waals surface area (Å²) >= 11 is 1.45. The van der Waals surface area contributed by atoms with Gasteiger partial charge < -0.3 is 37.2 Å². The summed E-state index contributed by atoms with van der Waals surface area (Å²) in [7, 11) is 0.